The van der Waals surface area contributed by atoms with Crippen LogP contribution < -0.4 is 0 Å². The van der Waals surface area contributed by atoms with E-state index in [4.69, 9.17) is 0 Å². The van der Waals surface area contributed by atoms with Crippen LogP contribution in [0.15, 0.2) is 37.1 Å². The molecule has 0 aliphatic rings. The Balaban J connectivity index is 2.54. The van der Waals surface area contributed by atoms with Crippen molar-refractivity contribution in [3.8, 4) is 0 Å². The zero-order chi connectivity index (χ0) is 11.5. The molecule has 2 nitrogen and oxygen atoms in total. The molecule has 0 saturated heterocycles. The number of rotatable bonds is 4. The smallest absolute Gasteiger partial charge is 0.123 e. The van der Waals surface area contributed by atoms with E-state index in [1.54, 1.807) is 18.3 Å². The number of carbonyl (C=O) groups is 1. The van der Waals surface area contributed by atoms with Gasteiger partial charge in [0, 0.05) is 29.4 Å². The van der Waals surface area contributed by atoms with Crippen molar-refractivity contribution in [3.05, 3.63) is 48.4 Å². The number of aldehydes is 1. The SMILES string of the molecule is C=CC(CC=O)c1c[nH]c2ccc(F)cc12. The number of carbonyl (C=O) groups excluding carboxylic acids is 1. The van der Waals surface area contributed by atoms with E-state index in [0.29, 0.717) is 6.42 Å². The van der Waals surface area contributed by atoms with Crippen LogP contribution in [0.5, 0.6) is 0 Å². The molecule has 1 heterocycles. The molecule has 1 aromatic carbocycles. The lowest BCUT2D eigenvalue weighted by molar-refractivity contribution is -0.108. The standard InChI is InChI=1S/C13H12FNO/c1-2-9(5-6-16)12-8-15-13-4-3-10(14)7-11(12)13/h2-4,6-9,15H,1,5H2. The van der Waals surface area contributed by atoms with Crippen molar-refractivity contribution in [2.24, 2.45) is 0 Å². The average Bonchev–Trinajstić information content (AvgIpc) is 2.69. The van der Waals surface area contributed by atoms with Crippen molar-refractivity contribution in [1.82, 2.24) is 4.98 Å². The number of H-pyrrole nitrogens is 1. The number of fused-ring (bicyclic) bond motifs is 1. The molecule has 2 aromatic rings. The van der Waals surface area contributed by atoms with E-state index in [9.17, 15) is 9.18 Å². The maximum absolute atomic E-state index is 13.1. The number of aromatic amines is 1. The van der Waals surface area contributed by atoms with Gasteiger partial charge in [-0.3, -0.25) is 0 Å². The summed E-state index contributed by atoms with van der Waals surface area (Å²) in [5.74, 6) is -0.338. The highest BCUT2D eigenvalue weighted by molar-refractivity contribution is 5.84. The normalized spacial score (nSPS) is 12.6. The molecule has 1 atom stereocenters. The summed E-state index contributed by atoms with van der Waals surface area (Å²) in [5.41, 5.74) is 1.78. The predicted octanol–water partition coefficient (Wildman–Crippen LogP) is 3.17. The Bertz CT molecular complexity index is 530. The molecular formula is C13H12FNO. The molecule has 2 rings (SSSR count). The van der Waals surface area contributed by atoms with Crippen molar-refractivity contribution in [1.29, 1.82) is 0 Å². The van der Waals surface area contributed by atoms with Gasteiger partial charge in [0.25, 0.3) is 0 Å². The largest absolute Gasteiger partial charge is 0.361 e. The summed E-state index contributed by atoms with van der Waals surface area (Å²) < 4.78 is 13.1. The van der Waals surface area contributed by atoms with Crippen LogP contribution >= 0.6 is 0 Å². The van der Waals surface area contributed by atoms with E-state index in [-0.39, 0.29) is 11.7 Å². The molecule has 1 aromatic heterocycles. The third-order valence-corrected chi connectivity index (χ3v) is 2.71. The number of allylic oxidation sites excluding steroid dienone is 1. The first-order chi connectivity index (χ1) is 7.76. The van der Waals surface area contributed by atoms with E-state index in [1.807, 2.05) is 0 Å². The average molecular weight is 217 g/mol. The van der Waals surface area contributed by atoms with Crippen molar-refractivity contribution in [2.75, 3.05) is 0 Å². The van der Waals surface area contributed by atoms with Crippen molar-refractivity contribution >= 4 is 17.2 Å². The quantitative estimate of drug-likeness (QED) is 0.619. The van der Waals surface area contributed by atoms with Gasteiger partial charge in [0.05, 0.1) is 0 Å². The lowest BCUT2D eigenvalue weighted by Gasteiger charge is -2.07. The summed E-state index contributed by atoms with van der Waals surface area (Å²) in [6.45, 7) is 3.70. The Kier molecular flexibility index (Phi) is 2.86. The molecule has 82 valence electrons. The molecule has 1 N–H and O–H groups in total. The van der Waals surface area contributed by atoms with Gasteiger partial charge in [0.2, 0.25) is 0 Å². The van der Waals surface area contributed by atoms with Crippen LogP contribution in [0.1, 0.15) is 17.9 Å². The third kappa shape index (κ3) is 1.76. The van der Waals surface area contributed by atoms with Crippen LogP contribution in [0.3, 0.4) is 0 Å². The molecule has 0 spiro atoms. The molecule has 0 saturated carbocycles. The second-order valence-corrected chi connectivity index (χ2v) is 3.68. The lowest BCUT2D eigenvalue weighted by atomic mass is 9.96. The summed E-state index contributed by atoms with van der Waals surface area (Å²) in [6.07, 6.45) is 4.74. The second kappa shape index (κ2) is 4.31. The second-order valence-electron chi connectivity index (χ2n) is 3.68. The first-order valence-corrected chi connectivity index (χ1v) is 5.09. The fraction of sp³-hybridized carbons (Fsp3) is 0.154. The first-order valence-electron chi connectivity index (χ1n) is 5.09. The zero-order valence-electron chi connectivity index (χ0n) is 8.74. The number of hydrogen-bond acceptors (Lipinski definition) is 1. The van der Waals surface area contributed by atoms with Gasteiger partial charge in [-0.25, -0.2) is 4.39 Å². The highest BCUT2D eigenvalue weighted by Crippen LogP contribution is 2.28. The lowest BCUT2D eigenvalue weighted by Crippen LogP contribution is -1.94. The molecule has 1 unspecified atom stereocenters. The predicted molar refractivity (Wildman–Crippen MR) is 61.9 cm³/mol. The van der Waals surface area contributed by atoms with Crippen LogP contribution in [-0.4, -0.2) is 11.3 Å². The summed E-state index contributed by atoms with van der Waals surface area (Å²) in [6, 6.07) is 4.57. The van der Waals surface area contributed by atoms with Crippen LogP contribution in [0.2, 0.25) is 0 Å². The van der Waals surface area contributed by atoms with Crippen LogP contribution in [0.4, 0.5) is 4.39 Å². The first kappa shape index (κ1) is 10.6. The minimum Gasteiger partial charge on any atom is -0.361 e. The fourth-order valence-corrected chi connectivity index (χ4v) is 1.88. The topological polar surface area (TPSA) is 32.9 Å². The van der Waals surface area contributed by atoms with Gasteiger partial charge in [-0.05, 0) is 23.8 Å². The molecule has 0 bridgehead atoms. The number of hydrogen-bond donors (Lipinski definition) is 1. The van der Waals surface area contributed by atoms with Gasteiger partial charge in [0.15, 0.2) is 0 Å². The molecule has 0 fully saturated rings. The van der Waals surface area contributed by atoms with Gasteiger partial charge < -0.3 is 9.78 Å². The molecule has 0 aliphatic carbocycles. The minimum atomic E-state index is -0.276. The van der Waals surface area contributed by atoms with Crippen LogP contribution in [0.25, 0.3) is 10.9 Å². The van der Waals surface area contributed by atoms with E-state index >= 15 is 0 Å². The molecular weight excluding hydrogens is 205 g/mol. The Morgan fingerprint density at radius 3 is 3.00 bits per heavy atom. The molecule has 3 heteroatoms. The number of nitrogens with one attached hydrogen (secondary N) is 1. The number of aromatic nitrogens is 1. The van der Waals surface area contributed by atoms with Crippen molar-refractivity contribution in [3.63, 3.8) is 0 Å². The van der Waals surface area contributed by atoms with E-state index in [2.05, 4.69) is 11.6 Å². The fourth-order valence-electron chi connectivity index (χ4n) is 1.88. The van der Waals surface area contributed by atoms with Gasteiger partial charge in [0.1, 0.15) is 12.1 Å². The Labute approximate surface area is 92.8 Å². The van der Waals surface area contributed by atoms with Gasteiger partial charge in [-0.2, -0.15) is 0 Å². The van der Waals surface area contributed by atoms with E-state index in [1.165, 1.54) is 12.1 Å². The molecule has 16 heavy (non-hydrogen) atoms. The van der Waals surface area contributed by atoms with Crippen molar-refractivity contribution in [2.45, 2.75) is 12.3 Å². The Hall–Kier alpha value is -1.90. The summed E-state index contributed by atoms with van der Waals surface area (Å²) in [7, 11) is 0. The molecule has 0 aliphatic heterocycles. The third-order valence-electron chi connectivity index (χ3n) is 2.71. The maximum atomic E-state index is 13.1. The van der Waals surface area contributed by atoms with Gasteiger partial charge in [-0.15, -0.1) is 6.58 Å². The van der Waals surface area contributed by atoms with Gasteiger partial charge >= 0.3 is 0 Å². The Morgan fingerprint density at radius 2 is 2.31 bits per heavy atom. The summed E-state index contributed by atoms with van der Waals surface area (Å²) >= 11 is 0. The Morgan fingerprint density at radius 1 is 1.50 bits per heavy atom. The summed E-state index contributed by atoms with van der Waals surface area (Å²) in [4.78, 5) is 13.6. The van der Waals surface area contributed by atoms with Crippen molar-refractivity contribution < 1.29 is 9.18 Å². The van der Waals surface area contributed by atoms with E-state index < -0.39 is 0 Å². The van der Waals surface area contributed by atoms with Gasteiger partial charge in [-0.1, -0.05) is 6.08 Å². The molecule has 0 radical (unpaired) electrons. The van der Waals surface area contributed by atoms with E-state index in [0.717, 1.165) is 22.8 Å². The highest BCUT2D eigenvalue weighted by Gasteiger charge is 2.12. The molecule has 0 amide bonds. The highest BCUT2D eigenvalue weighted by atomic mass is 19.1. The van der Waals surface area contributed by atoms with Crippen LogP contribution in [0, 0.1) is 5.82 Å². The summed E-state index contributed by atoms with van der Waals surface area (Å²) in [5, 5.41) is 0.812. The van der Waals surface area contributed by atoms with Crippen LogP contribution in [-0.2, 0) is 4.79 Å². The number of halogens is 1. The number of benzene rings is 1. The zero-order valence-corrected chi connectivity index (χ0v) is 8.74. The monoisotopic (exact) mass is 217 g/mol. The minimum absolute atomic E-state index is 0.0620. The maximum Gasteiger partial charge on any atom is 0.123 e.